The van der Waals surface area contributed by atoms with Gasteiger partial charge in [0.2, 0.25) is 0 Å². The molecule has 3 atom stereocenters. The lowest BCUT2D eigenvalue weighted by molar-refractivity contribution is 0.411. The van der Waals surface area contributed by atoms with Gasteiger partial charge in [0.25, 0.3) is 0 Å². The van der Waals surface area contributed by atoms with Crippen molar-refractivity contribution in [2.24, 2.45) is 0 Å². The van der Waals surface area contributed by atoms with Crippen molar-refractivity contribution in [3.05, 3.63) is 0 Å². The summed E-state index contributed by atoms with van der Waals surface area (Å²) in [5.41, 5.74) is 0. The summed E-state index contributed by atoms with van der Waals surface area (Å²) in [5, 5.41) is 4.00. The number of nitrogens with one attached hydrogen (secondary N) is 1. The Morgan fingerprint density at radius 2 is 1.60 bits per heavy atom. The van der Waals surface area contributed by atoms with Crippen LogP contribution in [0.3, 0.4) is 0 Å². The van der Waals surface area contributed by atoms with Crippen molar-refractivity contribution >= 4 is 24.0 Å². The highest BCUT2D eigenvalue weighted by Crippen LogP contribution is 2.29. The molecule has 0 aromatic carbocycles. The van der Waals surface area contributed by atoms with Crippen LogP contribution in [0.15, 0.2) is 0 Å². The van der Waals surface area contributed by atoms with E-state index < -0.39 is 0 Å². The lowest BCUT2D eigenvalue weighted by atomic mass is 10.1. The van der Waals surface area contributed by atoms with Crippen molar-refractivity contribution in [3.63, 3.8) is 0 Å². The number of hydrogen-bond donors (Lipinski definition) is 1. The van der Waals surface area contributed by atoms with Gasteiger partial charge in [-0.25, -0.2) is 0 Å². The molecule has 0 saturated carbocycles. The van der Waals surface area contributed by atoms with E-state index in [1.165, 1.54) is 25.7 Å². The maximum atomic E-state index is 6.01. The fourth-order valence-corrected chi connectivity index (χ4v) is 2.42. The topological polar surface area (TPSA) is 12.0 Å². The molecular weight excluding hydrogens is 169 g/mol. The van der Waals surface area contributed by atoms with Crippen LogP contribution in [-0.2, 0) is 0 Å². The van der Waals surface area contributed by atoms with E-state index in [9.17, 15) is 0 Å². The summed E-state index contributed by atoms with van der Waals surface area (Å²) in [4.78, 5) is 0. The summed E-state index contributed by atoms with van der Waals surface area (Å²) in [5.74, 6) is 0. The lowest BCUT2D eigenvalue weighted by Crippen LogP contribution is -2.38. The molecule has 0 aliphatic carbocycles. The van der Waals surface area contributed by atoms with E-state index in [1.54, 1.807) is 0 Å². The molecule has 2 rings (SSSR count). The Kier molecular flexibility index (Phi) is 2.84. The second-order valence-corrected chi connectivity index (χ2v) is 3.82. The van der Waals surface area contributed by atoms with Crippen LogP contribution >= 0.6 is 24.0 Å². The highest BCUT2D eigenvalue weighted by Gasteiger charge is 2.32. The van der Waals surface area contributed by atoms with Gasteiger partial charge in [-0.05, 0) is 25.7 Å². The molecule has 2 aliphatic rings. The highest BCUT2D eigenvalue weighted by molar-refractivity contribution is 6.20. The second kappa shape index (κ2) is 3.29. The molecular formula is C7H13Cl2N. The van der Waals surface area contributed by atoms with Gasteiger partial charge in [-0.1, -0.05) is 0 Å². The molecule has 2 heterocycles. The molecule has 0 aromatic heterocycles. The quantitative estimate of drug-likeness (QED) is 0.564. The van der Waals surface area contributed by atoms with Crippen molar-refractivity contribution < 1.29 is 0 Å². The third-order valence-corrected chi connectivity index (χ3v) is 2.77. The standard InChI is InChI=1S/C7H12ClN.ClH/c8-5-3-6-1-2-7(4-5)9-6;/h5-7,9H,1-4H2;1H/t5?,6-,7+;. The summed E-state index contributed by atoms with van der Waals surface area (Å²) in [6, 6.07) is 1.51. The van der Waals surface area contributed by atoms with E-state index in [2.05, 4.69) is 5.32 Å². The van der Waals surface area contributed by atoms with Gasteiger partial charge in [0, 0.05) is 17.5 Å². The van der Waals surface area contributed by atoms with Crippen LogP contribution in [0.25, 0.3) is 0 Å². The molecule has 10 heavy (non-hydrogen) atoms. The number of rotatable bonds is 0. The summed E-state index contributed by atoms with van der Waals surface area (Å²) >= 11 is 6.01. The average molecular weight is 182 g/mol. The Balaban J connectivity index is 0.000000500. The van der Waals surface area contributed by atoms with E-state index in [1.807, 2.05) is 0 Å². The van der Waals surface area contributed by atoms with Crippen LogP contribution in [0, 0.1) is 0 Å². The maximum Gasteiger partial charge on any atom is 0.0365 e. The zero-order valence-electron chi connectivity index (χ0n) is 5.85. The number of halogens is 2. The zero-order valence-corrected chi connectivity index (χ0v) is 7.42. The zero-order chi connectivity index (χ0) is 6.27. The van der Waals surface area contributed by atoms with Crippen LogP contribution in [0.1, 0.15) is 25.7 Å². The largest absolute Gasteiger partial charge is 0.311 e. The first-order valence-electron chi connectivity index (χ1n) is 3.75. The third-order valence-electron chi connectivity index (χ3n) is 2.42. The van der Waals surface area contributed by atoms with E-state index >= 15 is 0 Å². The van der Waals surface area contributed by atoms with Crippen LogP contribution in [-0.4, -0.2) is 17.5 Å². The highest BCUT2D eigenvalue weighted by atomic mass is 35.5. The number of piperidine rings is 1. The van der Waals surface area contributed by atoms with E-state index in [0.29, 0.717) is 5.38 Å². The van der Waals surface area contributed by atoms with Gasteiger partial charge in [0.15, 0.2) is 0 Å². The minimum Gasteiger partial charge on any atom is -0.311 e. The molecule has 2 bridgehead atoms. The Labute approximate surface area is 72.9 Å². The third kappa shape index (κ3) is 1.58. The first kappa shape index (κ1) is 8.63. The van der Waals surface area contributed by atoms with Crippen LogP contribution in [0.4, 0.5) is 0 Å². The number of fused-ring (bicyclic) bond motifs is 2. The minimum atomic E-state index is 0. The van der Waals surface area contributed by atoms with Gasteiger partial charge in [-0.2, -0.15) is 0 Å². The van der Waals surface area contributed by atoms with Crippen LogP contribution in [0.2, 0.25) is 0 Å². The first-order valence-corrected chi connectivity index (χ1v) is 4.18. The Hall–Kier alpha value is 0.540. The first-order chi connectivity index (χ1) is 4.34. The second-order valence-electron chi connectivity index (χ2n) is 3.21. The average Bonchev–Trinajstić information content (AvgIpc) is 2.11. The molecule has 0 amide bonds. The minimum absolute atomic E-state index is 0. The van der Waals surface area contributed by atoms with Crippen molar-refractivity contribution in [2.45, 2.75) is 43.1 Å². The summed E-state index contributed by atoms with van der Waals surface area (Å²) in [7, 11) is 0. The molecule has 1 nitrogen and oxygen atoms in total. The van der Waals surface area contributed by atoms with Gasteiger partial charge in [-0.3, -0.25) is 0 Å². The van der Waals surface area contributed by atoms with E-state index in [4.69, 9.17) is 11.6 Å². The van der Waals surface area contributed by atoms with Crippen molar-refractivity contribution in [1.82, 2.24) is 5.32 Å². The summed E-state index contributed by atoms with van der Waals surface area (Å²) in [6.07, 6.45) is 5.10. The van der Waals surface area contributed by atoms with Crippen molar-refractivity contribution in [2.75, 3.05) is 0 Å². The Morgan fingerprint density at radius 3 is 2.10 bits per heavy atom. The molecule has 2 saturated heterocycles. The Morgan fingerprint density at radius 1 is 1.10 bits per heavy atom. The molecule has 0 radical (unpaired) electrons. The molecule has 2 fully saturated rings. The van der Waals surface area contributed by atoms with E-state index in [0.717, 1.165) is 12.1 Å². The molecule has 1 N–H and O–H groups in total. The summed E-state index contributed by atoms with van der Waals surface area (Å²) in [6.45, 7) is 0. The predicted molar refractivity (Wildman–Crippen MR) is 46.1 cm³/mol. The van der Waals surface area contributed by atoms with Crippen molar-refractivity contribution in [3.8, 4) is 0 Å². The van der Waals surface area contributed by atoms with Gasteiger partial charge in [0.1, 0.15) is 0 Å². The Bertz CT molecular complexity index is 106. The summed E-state index contributed by atoms with van der Waals surface area (Å²) < 4.78 is 0. The van der Waals surface area contributed by atoms with Crippen LogP contribution < -0.4 is 5.32 Å². The molecule has 0 aromatic rings. The number of alkyl halides is 1. The number of hydrogen-bond acceptors (Lipinski definition) is 1. The maximum absolute atomic E-state index is 6.01. The van der Waals surface area contributed by atoms with Crippen molar-refractivity contribution in [1.29, 1.82) is 0 Å². The fourth-order valence-electron chi connectivity index (χ4n) is 1.99. The van der Waals surface area contributed by atoms with Crippen LogP contribution in [0.5, 0.6) is 0 Å². The molecule has 0 spiro atoms. The predicted octanol–water partition coefficient (Wildman–Crippen LogP) is 1.93. The van der Waals surface area contributed by atoms with Gasteiger partial charge >= 0.3 is 0 Å². The smallest absolute Gasteiger partial charge is 0.0365 e. The molecule has 1 unspecified atom stereocenters. The normalized spacial score (nSPS) is 44.7. The van der Waals surface area contributed by atoms with E-state index in [-0.39, 0.29) is 12.4 Å². The van der Waals surface area contributed by atoms with Gasteiger partial charge < -0.3 is 5.32 Å². The molecule has 2 aliphatic heterocycles. The SMILES string of the molecule is Cl.ClC1C[C@H]2CC[C@@H](C1)N2. The fraction of sp³-hybridized carbons (Fsp3) is 1.00. The monoisotopic (exact) mass is 181 g/mol. The van der Waals surface area contributed by atoms with Gasteiger partial charge in [0.05, 0.1) is 0 Å². The molecule has 3 heteroatoms. The van der Waals surface area contributed by atoms with Gasteiger partial charge in [-0.15, -0.1) is 24.0 Å². The lowest BCUT2D eigenvalue weighted by Gasteiger charge is -2.24. The molecule has 60 valence electrons.